The van der Waals surface area contributed by atoms with Gasteiger partial charge >= 0.3 is 0 Å². The largest absolute Gasteiger partial charge is 0.336 e. The molecule has 2 aromatic heterocycles. The van der Waals surface area contributed by atoms with Gasteiger partial charge < -0.3 is 14.6 Å². The molecule has 0 bridgehead atoms. The molecule has 28 heavy (non-hydrogen) atoms. The predicted molar refractivity (Wildman–Crippen MR) is 109 cm³/mol. The Balaban J connectivity index is 1.31. The number of hydrogen-bond donors (Lipinski definition) is 1. The summed E-state index contributed by atoms with van der Waals surface area (Å²) in [5.41, 5.74) is 3.58. The Morgan fingerprint density at radius 1 is 1.00 bits per heavy atom. The van der Waals surface area contributed by atoms with Gasteiger partial charge in [0.15, 0.2) is 0 Å². The Morgan fingerprint density at radius 3 is 2.57 bits per heavy atom. The number of aromatic nitrogens is 2. The van der Waals surface area contributed by atoms with Crippen LogP contribution in [0.15, 0.2) is 54.9 Å². The third kappa shape index (κ3) is 3.30. The fraction of sp³-hybridized carbons (Fsp3) is 0.364. The molecule has 4 heterocycles. The Labute approximate surface area is 164 Å². The number of pyridine rings is 1. The molecule has 3 aromatic rings. The van der Waals surface area contributed by atoms with Gasteiger partial charge in [0, 0.05) is 56.7 Å². The molecule has 2 aliphatic heterocycles. The van der Waals surface area contributed by atoms with Crippen molar-refractivity contribution in [3.8, 4) is 11.3 Å². The minimum Gasteiger partial charge on any atom is -0.336 e. The van der Waals surface area contributed by atoms with Crippen molar-refractivity contribution < 1.29 is 4.79 Å². The summed E-state index contributed by atoms with van der Waals surface area (Å²) in [7, 11) is 0. The summed E-state index contributed by atoms with van der Waals surface area (Å²) in [6.07, 6.45) is 5.12. The van der Waals surface area contributed by atoms with E-state index in [9.17, 15) is 4.79 Å². The van der Waals surface area contributed by atoms with Gasteiger partial charge in [0.25, 0.3) is 5.91 Å². The van der Waals surface area contributed by atoms with E-state index in [1.807, 2.05) is 64.2 Å². The molecule has 2 saturated heterocycles. The second-order valence-electron chi connectivity index (χ2n) is 7.65. The van der Waals surface area contributed by atoms with E-state index in [1.54, 1.807) is 0 Å². The van der Waals surface area contributed by atoms with Crippen molar-refractivity contribution in [2.75, 3.05) is 39.3 Å². The fourth-order valence-electron chi connectivity index (χ4n) is 4.29. The lowest BCUT2D eigenvalue weighted by molar-refractivity contribution is 0.0583. The number of carbonyl (C=O) groups excluding carboxylic acids is 1. The molecule has 6 nitrogen and oxygen atoms in total. The van der Waals surface area contributed by atoms with E-state index in [-0.39, 0.29) is 5.91 Å². The van der Waals surface area contributed by atoms with E-state index in [0.29, 0.717) is 6.04 Å². The maximum atomic E-state index is 13.0. The van der Waals surface area contributed by atoms with Crippen LogP contribution in [-0.2, 0) is 0 Å². The van der Waals surface area contributed by atoms with Gasteiger partial charge in [-0.3, -0.25) is 9.69 Å². The number of carbonyl (C=O) groups is 1. The van der Waals surface area contributed by atoms with Crippen LogP contribution in [-0.4, -0.2) is 70.4 Å². The number of piperazine rings is 1. The Hall–Kier alpha value is -2.70. The Morgan fingerprint density at radius 2 is 1.82 bits per heavy atom. The van der Waals surface area contributed by atoms with E-state index in [1.165, 1.54) is 6.42 Å². The standard InChI is InChI=1S/C22H25N5O/c28-22(26-12-10-25(11-13-26)19-8-9-23-14-19)18-6-7-21-24-20(16-27(21)15-18)17-4-2-1-3-5-17/h1-7,15-16,19,23H,8-14H2. The number of fused-ring (bicyclic) bond motifs is 1. The molecule has 0 saturated carbocycles. The van der Waals surface area contributed by atoms with Gasteiger partial charge in [-0.2, -0.15) is 0 Å². The van der Waals surface area contributed by atoms with Crippen LogP contribution in [0, 0.1) is 0 Å². The molecule has 1 atom stereocenters. The van der Waals surface area contributed by atoms with Gasteiger partial charge in [0.05, 0.1) is 11.3 Å². The third-order valence-electron chi connectivity index (χ3n) is 5.92. The summed E-state index contributed by atoms with van der Waals surface area (Å²) < 4.78 is 1.95. The van der Waals surface area contributed by atoms with Gasteiger partial charge in [-0.1, -0.05) is 30.3 Å². The highest BCUT2D eigenvalue weighted by Gasteiger charge is 2.28. The first-order valence-electron chi connectivity index (χ1n) is 10.1. The molecular formula is C22H25N5O. The number of imidazole rings is 1. The summed E-state index contributed by atoms with van der Waals surface area (Å²) >= 11 is 0. The summed E-state index contributed by atoms with van der Waals surface area (Å²) in [6.45, 7) is 5.71. The zero-order valence-electron chi connectivity index (χ0n) is 15.9. The lowest BCUT2D eigenvalue weighted by atomic mass is 10.1. The molecular weight excluding hydrogens is 350 g/mol. The third-order valence-corrected chi connectivity index (χ3v) is 5.92. The number of benzene rings is 1. The van der Waals surface area contributed by atoms with E-state index in [0.717, 1.165) is 61.7 Å². The first-order valence-corrected chi connectivity index (χ1v) is 10.1. The summed E-state index contributed by atoms with van der Waals surface area (Å²) in [6, 6.07) is 14.6. The van der Waals surface area contributed by atoms with Gasteiger partial charge in [-0.05, 0) is 25.1 Å². The predicted octanol–water partition coefficient (Wildman–Crippen LogP) is 2.12. The first kappa shape index (κ1) is 17.4. The van der Waals surface area contributed by atoms with Crippen molar-refractivity contribution in [1.82, 2.24) is 24.5 Å². The van der Waals surface area contributed by atoms with E-state index in [4.69, 9.17) is 0 Å². The summed E-state index contributed by atoms with van der Waals surface area (Å²) in [5, 5.41) is 3.43. The molecule has 5 rings (SSSR count). The number of nitrogens with one attached hydrogen (secondary N) is 1. The lowest BCUT2D eigenvalue weighted by Gasteiger charge is -2.37. The maximum Gasteiger partial charge on any atom is 0.255 e. The highest BCUT2D eigenvalue weighted by molar-refractivity contribution is 5.94. The van der Waals surface area contributed by atoms with Crippen LogP contribution in [0.2, 0.25) is 0 Å². The quantitative estimate of drug-likeness (QED) is 0.762. The van der Waals surface area contributed by atoms with Crippen LogP contribution in [0.25, 0.3) is 16.9 Å². The van der Waals surface area contributed by atoms with Crippen molar-refractivity contribution in [3.63, 3.8) is 0 Å². The smallest absolute Gasteiger partial charge is 0.255 e. The maximum absolute atomic E-state index is 13.0. The highest BCUT2D eigenvalue weighted by atomic mass is 16.2. The first-order chi connectivity index (χ1) is 13.8. The van der Waals surface area contributed by atoms with Crippen LogP contribution in [0.5, 0.6) is 0 Å². The number of rotatable bonds is 3. The highest BCUT2D eigenvalue weighted by Crippen LogP contribution is 2.20. The van der Waals surface area contributed by atoms with E-state index >= 15 is 0 Å². The van der Waals surface area contributed by atoms with E-state index < -0.39 is 0 Å². The van der Waals surface area contributed by atoms with E-state index in [2.05, 4.69) is 15.2 Å². The van der Waals surface area contributed by atoms with Crippen molar-refractivity contribution in [3.05, 3.63) is 60.4 Å². The van der Waals surface area contributed by atoms with Gasteiger partial charge in [0.1, 0.15) is 5.65 Å². The lowest BCUT2D eigenvalue weighted by Crippen LogP contribution is -2.52. The van der Waals surface area contributed by atoms with Gasteiger partial charge in [-0.25, -0.2) is 4.98 Å². The molecule has 1 aromatic carbocycles. The Bertz CT molecular complexity index is 969. The minimum absolute atomic E-state index is 0.112. The summed E-state index contributed by atoms with van der Waals surface area (Å²) in [4.78, 5) is 22.2. The normalized spacial score (nSPS) is 20.7. The molecule has 2 aliphatic rings. The van der Waals surface area contributed by atoms with Crippen LogP contribution in [0.3, 0.4) is 0 Å². The van der Waals surface area contributed by atoms with Gasteiger partial charge in [0.2, 0.25) is 0 Å². The van der Waals surface area contributed by atoms with Crippen molar-refractivity contribution >= 4 is 11.6 Å². The van der Waals surface area contributed by atoms with Gasteiger partial charge in [-0.15, -0.1) is 0 Å². The van der Waals surface area contributed by atoms with Crippen molar-refractivity contribution in [2.24, 2.45) is 0 Å². The number of amides is 1. The minimum atomic E-state index is 0.112. The number of hydrogen-bond acceptors (Lipinski definition) is 4. The monoisotopic (exact) mass is 375 g/mol. The number of nitrogens with zero attached hydrogens (tertiary/aromatic N) is 4. The molecule has 1 unspecified atom stereocenters. The van der Waals surface area contributed by atoms with Crippen molar-refractivity contribution in [1.29, 1.82) is 0 Å². The average Bonchev–Trinajstić information content (AvgIpc) is 3.43. The average molecular weight is 375 g/mol. The second-order valence-corrected chi connectivity index (χ2v) is 7.65. The molecule has 144 valence electrons. The molecule has 0 spiro atoms. The second kappa shape index (κ2) is 7.37. The SMILES string of the molecule is O=C(c1ccc2nc(-c3ccccc3)cn2c1)N1CCN(C2CCNC2)CC1. The molecule has 1 amide bonds. The molecule has 0 aliphatic carbocycles. The van der Waals surface area contributed by atoms with Crippen LogP contribution < -0.4 is 5.32 Å². The topological polar surface area (TPSA) is 52.9 Å². The molecule has 1 N–H and O–H groups in total. The van der Waals surface area contributed by atoms with Crippen LogP contribution in [0.1, 0.15) is 16.8 Å². The zero-order chi connectivity index (χ0) is 18.9. The van der Waals surface area contributed by atoms with Crippen LogP contribution in [0.4, 0.5) is 0 Å². The summed E-state index contributed by atoms with van der Waals surface area (Å²) in [5.74, 6) is 0.112. The molecule has 6 heteroatoms. The van der Waals surface area contributed by atoms with Crippen LogP contribution >= 0.6 is 0 Å². The molecule has 2 fully saturated rings. The van der Waals surface area contributed by atoms with Crippen molar-refractivity contribution in [2.45, 2.75) is 12.5 Å². The fourth-order valence-corrected chi connectivity index (χ4v) is 4.29. The zero-order valence-corrected chi connectivity index (χ0v) is 15.9. The Kier molecular flexibility index (Phi) is 4.58. The molecule has 0 radical (unpaired) electrons.